The summed E-state index contributed by atoms with van der Waals surface area (Å²) in [5.74, 6) is 0.199. The summed E-state index contributed by atoms with van der Waals surface area (Å²) in [7, 11) is 0. The molecule has 26 heavy (non-hydrogen) atoms. The molecule has 1 aromatic carbocycles. The van der Waals surface area contributed by atoms with Crippen LogP contribution in [0, 0.1) is 19.3 Å². The molecule has 2 fully saturated rings. The van der Waals surface area contributed by atoms with E-state index < -0.39 is 0 Å². The number of benzene rings is 1. The van der Waals surface area contributed by atoms with Crippen molar-refractivity contribution in [2.24, 2.45) is 5.41 Å². The summed E-state index contributed by atoms with van der Waals surface area (Å²) >= 11 is 0. The zero-order valence-electron chi connectivity index (χ0n) is 16.0. The highest BCUT2D eigenvalue weighted by atomic mass is 16.5. The number of morpholine rings is 1. The van der Waals surface area contributed by atoms with Gasteiger partial charge < -0.3 is 15.0 Å². The number of nitrogens with zero attached hydrogens (tertiary/aromatic N) is 1. The maximum absolute atomic E-state index is 12.7. The molecule has 0 atom stereocenters. The van der Waals surface area contributed by atoms with Gasteiger partial charge in [-0.15, -0.1) is 0 Å². The minimum atomic E-state index is -0.183. The van der Waals surface area contributed by atoms with Gasteiger partial charge in [-0.1, -0.05) is 25.0 Å². The van der Waals surface area contributed by atoms with Gasteiger partial charge in [0.05, 0.1) is 13.2 Å². The van der Waals surface area contributed by atoms with Crippen LogP contribution < -0.4 is 5.32 Å². The number of aryl methyl sites for hydroxylation is 1. The van der Waals surface area contributed by atoms with Gasteiger partial charge in [0.15, 0.2) is 0 Å². The van der Waals surface area contributed by atoms with Gasteiger partial charge in [-0.25, -0.2) is 0 Å². The Hall–Kier alpha value is -1.88. The van der Waals surface area contributed by atoms with Gasteiger partial charge in [-0.3, -0.25) is 9.59 Å². The average Bonchev–Trinajstić information content (AvgIpc) is 3.07. The van der Waals surface area contributed by atoms with E-state index in [-0.39, 0.29) is 17.2 Å². The number of hydrogen-bond acceptors (Lipinski definition) is 3. The average molecular weight is 358 g/mol. The highest BCUT2D eigenvalue weighted by Crippen LogP contribution is 2.44. The molecule has 1 N–H and O–H groups in total. The molecule has 1 aliphatic carbocycles. The van der Waals surface area contributed by atoms with Crippen LogP contribution in [0.3, 0.4) is 0 Å². The SMILES string of the molecule is Cc1cccc(NC(=O)CC2(CC(=O)N3CCOCC3)CCCC2)c1C. The van der Waals surface area contributed by atoms with Gasteiger partial charge in [0.1, 0.15) is 0 Å². The molecule has 2 amide bonds. The minimum absolute atomic E-state index is 0.0235. The van der Waals surface area contributed by atoms with E-state index in [9.17, 15) is 9.59 Å². The lowest BCUT2D eigenvalue weighted by atomic mass is 9.78. The molecule has 0 aromatic heterocycles. The molecule has 1 saturated heterocycles. The first-order chi connectivity index (χ1) is 12.5. The van der Waals surface area contributed by atoms with Crippen LogP contribution in [0.25, 0.3) is 0 Å². The lowest BCUT2D eigenvalue weighted by molar-refractivity contribution is -0.138. The maximum Gasteiger partial charge on any atom is 0.224 e. The first kappa shape index (κ1) is 18.9. The van der Waals surface area contributed by atoms with Crippen LogP contribution in [0.2, 0.25) is 0 Å². The fraction of sp³-hybridized carbons (Fsp3) is 0.619. The topological polar surface area (TPSA) is 58.6 Å². The molecule has 0 bridgehead atoms. The van der Waals surface area contributed by atoms with Crippen LogP contribution in [-0.2, 0) is 14.3 Å². The molecule has 142 valence electrons. The molecule has 0 spiro atoms. The maximum atomic E-state index is 12.7. The van der Waals surface area contributed by atoms with Crippen LogP contribution in [0.15, 0.2) is 18.2 Å². The molecule has 1 saturated carbocycles. The Morgan fingerprint density at radius 3 is 2.50 bits per heavy atom. The van der Waals surface area contributed by atoms with Crippen LogP contribution in [0.5, 0.6) is 0 Å². The summed E-state index contributed by atoms with van der Waals surface area (Å²) in [4.78, 5) is 27.4. The fourth-order valence-electron chi connectivity index (χ4n) is 4.21. The van der Waals surface area contributed by atoms with E-state index in [2.05, 4.69) is 5.32 Å². The third-order valence-electron chi connectivity index (χ3n) is 5.97. The first-order valence-corrected chi connectivity index (χ1v) is 9.71. The van der Waals surface area contributed by atoms with Gasteiger partial charge in [0.2, 0.25) is 11.8 Å². The van der Waals surface area contributed by atoms with Crippen molar-refractivity contribution >= 4 is 17.5 Å². The highest BCUT2D eigenvalue weighted by molar-refractivity contribution is 5.92. The van der Waals surface area contributed by atoms with Crippen molar-refractivity contribution in [1.82, 2.24) is 4.90 Å². The smallest absolute Gasteiger partial charge is 0.224 e. The number of rotatable bonds is 5. The third kappa shape index (κ3) is 4.44. The monoisotopic (exact) mass is 358 g/mol. The van der Waals surface area contributed by atoms with E-state index in [1.165, 1.54) is 5.56 Å². The van der Waals surface area contributed by atoms with Gasteiger partial charge in [-0.2, -0.15) is 0 Å². The molecule has 5 nitrogen and oxygen atoms in total. The molecular weight excluding hydrogens is 328 g/mol. The van der Waals surface area contributed by atoms with Crippen molar-refractivity contribution in [3.63, 3.8) is 0 Å². The lowest BCUT2D eigenvalue weighted by Gasteiger charge is -2.33. The number of amides is 2. The Kier molecular flexibility index (Phi) is 5.97. The summed E-state index contributed by atoms with van der Waals surface area (Å²) in [5.41, 5.74) is 2.96. The second-order valence-corrected chi connectivity index (χ2v) is 7.85. The highest BCUT2D eigenvalue weighted by Gasteiger charge is 2.39. The Bertz CT molecular complexity index is 659. The molecule has 0 radical (unpaired) electrons. The van der Waals surface area contributed by atoms with Crippen LogP contribution >= 0.6 is 0 Å². The lowest BCUT2D eigenvalue weighted by Crippen LogP contribution is -2.43. The van der Waals surface area contributed by atoms with Gasteiger partial charge in [0, 0.05) is 31.6 Å². The number of anilines is 1. The number of carbonyl (C=O) groups excluding carboxylic acids is 2. The summed E-state index contributed by atoms with van der Waals surface area (Å²) in [6.07, 6.45) is 5.04. The Labute approximate surface area is 156 Å². The van der Waals surface area contributed by atoms with E-state index in [0.29, 0.717) is 39.1 Å². The minimum Gasteiger partial charge on any atom is -0.378 e. The molecule has 1 aliphatic heterocycles. The number of hydrogen-bond donors (Lipinski definition) is 1. The molecule has 2 aliphatic rings. The summed E-state index contributed by atoms with van der Waals surface area (Å²) in [6.45, 7) is 6.65. The largest absolute Gasteiger partial charge is 0.378 e. The zero-order valence-corrected chi connectivity index (χ0v) is 16.0. The van der Waals surface area contributed by atoms with E-state index in [4.69, 9.17) is 4.74 Å². The van der Waals surface area contributed by atoms with Crippen LogP contribution in [0.4, 0.5) is 5.69 Å². The molecule has 5 heteroatoms. The van der Waals surface area contributed by atoms with E-state index in [1.54, 1.807) is 0 Å². The van der Waals surface area contributed by atoms with Gasteiger partial charge in [0.25, 0.3) is 0 Å². The number of carbonyl (C=O) groups is 2. The predicted molar refractivity (Wildman–Crippen MR) is 102 cm³/mol. The standard InChI is InChI=1S/C21H30N2O3/c1-16-6-5-7-18(17(16)2)22-19(24)14-21(8-3-4-9-21)15-20(25)23-10-12-26-13-11-23/h5-7H,3-4,8-15H2,1-2H3,(H,22,24). The Morgan fingerprint density at radius 1 is 1.12 bits per heavy atom. The molecule has 1 heterocycles. The summed E-state index contributed by atoms with van der Waals surface area (Å²) < 4.78 is 5.34. The van der Waals surface area contributed by atoms with E-state index in [1.807, 2.05) is 36.9 Å². The second kappa shape index (κ2) is 8.21. The van der Waals surface area contributed by atoms with Crippen molar-refractivity contribution in [2.45, 2.75) is 52.4 Å². The summed E-state index contributed by atoms with van der Waals surface area (Å²) in [5, 5.41) is 3.07. The van der Waals surface area contributed by atoms with Crippen molar-refractivity contribution in [1.29, 1.82) is 0 Å². The predicted octanol–water partition coefficient (Wildman–Crippen LogP) is 3.44. The quantitative estimate of drug-likeness (QED) is 0.877. The number of nitrogens with one attached hydrogen (secondary N) is 1. The molecular formula is C21H30N2O3. The molecule has 0 unspecified atom stereocenters. The second-order valence-electron chi connectivity index (χ2n) is 7.85. The van der Waals surface area contributed by atoms with E-state index >= 15 is 0 Å². The van der Waals surface area contributed by atoms with Crippen molar-refractivity contribution < 1.29 is 14.3 Å². The Morgan fingerprint density at radius 2 is 1.81 bits per heavy atom. The van der Waals surface area contributed by atoms with Crippen LogP contribution in [-0.4, -0.2) is 43.0 Å². The number of ether oxygens (including phenoxy) is 1. The van der Waals surface area contributed by atoms with Crippen molar-refractivity contribution in [3.05, 3.63) is 29.3 Å². The third-order valence-corrected chi connectivity index (χ3v) is 5.97. The fourth-order valence-corrected chi connectivity index (χ4v) is 4.21. The first-order valence-electron chi connectivity index (χ1n) is 9.71. The van der Waals surface area contributed by atoms with Crippen LogP contribution in [0.1, 0.15) is 49.7 Å². The van der Waals surface area contributed by atoms with Gasteiger partial charge >= 0.3 is 0 Å². The Balaban J connectivity index is 1.64. The zero-order chi connectivity index (χ0) is 18.6. The van der Waals surface area contributed by atoms with Crippen molar-refractivity contribution in [3.8, 4) is 0 Å². The summed E-state index contributed by atoms with van der Waals surface area (Å²) in [6, 6.07) is 5.95. The van der Waals surface area contributed by atoms with Crippen molar-refractivity contribution in [2.75, 3.05) is 31.6 Å². The van der Waals surface area contributed by atoms with Gasteiger partial charge in [-0.05, 0) is 49.3 Å². The van der Waals surface area contributed by atoms with E-state index in [0.717, 1.165) is 36.9 Å². The normalized spacial score (nSPS) is 19.4. The molecule has 3 rings (SSSR count). The molecule has 1 aromatic rings.